The Labute approximate surface area is 330 Å². The van der Waals surface area contributed by atoms with Gasteiger partial charge in [0.15, 0.2) is 0 Å². The molecule has 2 heteroatoms. The molecule has 12 rings (SSSR count). The summed E-state index contributed by atoms with van der Waals surface area (Å²) in [6.07, 6.45) is 0. The summed E-state index contributed by atoms with van der Waals surface area (Å²) in [5, 5.41) is 12.3. The average Bonchev–Trinajstić information content (AvgIpc) is 3.74. The summed E-state index contributed by atoms with van der Waals surface area (Å²) in [7, 11) is 0. The molecule has 0 amide bonds. The number of anilines is 3. The van der Waals surface area contributed by atoms with Gasteiger partial charge >= 0.3 is 0 Å². The summed E-state index contributed by atoms with van der Waals surface area (Å²) in [6.45, 7) is 4.70. The number of nitrogens with zero attached hydrogens (tertiary/aromatic N) is 1. The molecule has 11 aromatic rings. The minimum atomic E-state index is -0.0794. The van der Waals surface area contributed by atoms with Crippen LogP contribution in [0.4, 0.5) is 17.1 Å². The molecule has 10 aromatic carbocycles. The molecule has 2 nitrogen and oxygen atoms in total. The summed E-state index contributed by atoms with van der Waals surface area (Å²) in [5.41, 5.74) is 12.7. The molecular formula is C55H37NO. The fourth-order valence-corrected chi connectivity index (χ4v) is 9.86. The van der Waals surface area contributed by atoms with Gasteiger partial charge in [-0.05, 0) is 120 Å². The van der Waals surface area contributed by atoms with Crippen LogP contribution in [0.25, 0.3) is 87.3 Å². The molecule has 57 heavy (non-hydrogen) atoms. The molecular weight excluding hydrogens is 691 g/mol. The molecule has 1 aliphatic rings. The van der Waals surface area contributed by atoms with Crippen LogP contribution in [0.2, 0.25) is 0 Å². The second kappa shape index (κ2) is 11.9. The Kier molecular flexibility index (Phi) is 6.72. The molecule has 1 heterocycles. The molecule has 1 aliphatic carbocycles. The minimum absolute atomic E-state index is 0.0794. The Bertz CT molecular complexity index is 3460. The lowest BCUT2D eigenvalue weighted by molar-refractivity contribution is 0.660. The van der Waals surface area contributed by atoms with Gasteiger partial charge in [0.1, 0.15) is 11.2 Å². The summed E-state index contributed by atoms with van der Waals surface area (Å²) in [6, 6.07) is 69.2. The highest BCUT2D eigenvalue weighted by Gasteiger charge is 2.35. The molecule has 0 saturated carbocycles. The van der Waals surface area contributed by atoms with Crippen LogP contribution in [0.15, 0.2) is 192 Å². The van der Waals surface area contributed by atoms with Gasteiger partial charge in [-0.2, -0.15) is 0 Å². The van der Waals surface area contributed by atoms with E-state index in [4.69, 9.17) is 4.42 Å². The van der Waals surface area contributed by atoms with Gasteiger partial charge < -0.3 is 9.32 Å². The molecule has 0 bridgehead atoms. The molecule has 1 aromatic heterocycles. The maximum atomic E-state index is 6.35. The lowest BCUT2D eigenvalue weighted by Crippen LogP contribution is -2.15. The number of furan rings is 1. The van der Waals surface area contributed by atoms with E-state index >= 15 is 0 Å². The first-order valence-electron chi connectivity index (χ1n) is 19.8. The van der Waals surface area contributed by atoms with Gasteiger partial charge in [-0.15, -0.1) is 0 Å². The van der Waals surface area contributed by atoms with Gasteiger partial charge in [0.25, 0.3) is 0 Å². The lowest BCUT2D eigenvalue weighted by Gasteiger charge is -2.29. The van der Waals surface area contributed by atoms with Crippen LogP contribution in [-0.4, -0.2) is 0 Å². The van der Waals surface area contributed by atoms with E-state index in [1.54, 1.807) is 0 Å². The third-order valence-corrected chi connectivity index (χ3v) is 12.6. The van der Waals surface area contributed by atoms with E-state index in [0.29, 0.717) is 0 Å². The zero-order chi connectivity index (χ0) is 37.8. The standard InChI is InChI=1S/C55H37NO/c1-55(2)48-20-9-7-16-42(48)47-33-40(27-29-49(47)55)56(39-14-11-13-36(30-39)37-26-28-45-44-18-8-10-21-51(44)57-52(45)32-37)50-31-38-25-24-35-23-22-34-12-3-4-15-41(34)53(35)54(38)46-19-6-5-17-43(46)50/h3-33H,1-2H3. The van der Waals surface area contributed by atoms with E-state index in [-0.39, 0.29) is 5.41 Å². The van der Waals surface area contributed by atoms with E-state index in [1.165, 1.54) is 65.3 Å². The largest absolute Gasteiger partial charge is 0.456 e. The summed E-state index contributed by atoms with van der Waals surface area (Å²) in [4.78, 5) is 2.48. The smallest absolute Gasteiger partial charge is 0.136 e. The first-order valence-corrected chi connectivity index (χ1v) is 19.8. The summed E-state index contributed by atoms with van der Waals surface area (Å²) < 4.78 is 6.35. The molecule has 0 aliphatic heterocycles. The highest BCUT2D eigenvalue weighted by molar-refractivity contribution is 6.29. The summed E-state index contributed by atoms with van der Waals surface area (Å²) in [5.74, 6) is 0. The maximum absolute atomic E-state index is 6.35. The lowest BCUT2D eigenvalue weighted by atomic mass is 9.82. The number of benzene rings is 10. The normalized spacial score (nSPS) is 13.2. The Morgan fingerprint density at radius 1 is 0.386 bits per heavy atom. The molecule has 0 atom stereocenters. The monoisotopic (exact) mass is 727 g/mol. The van der Waals surface area contributed by atoms with Crippen LogP contribution in [0.3, 0.4) is 0 Å². The molecule has 0 radical (unpaired) electrons. The number of fused-ring (bicyclic) bond motifs is 13. The van der Waals surface area contributed by atoms with E-state index in [9.17, 15) is 0 Å². The second-order valence-corrected chi connectivity index (χ2v) is 16.1. The van der Waals surface area contributed by atoms with E-state index in [0.717, 1.165) is 50.1 Å². The molecule has 0 spiro atoms. The average molecular weight is 728 g/mol. The van der Waals surface area contributed by atoms with Gasteiger partial charge in [-0.1, -0.05) is 153 Å². The van der Waals surface area contributed by atoms with Crippen molar-refractivity contribution in [2.75, 3.05) is 4.90 Å². The van der Waals surface area contributed by atoms with Gasteiger partial charge in [0.2, 0.25) is 0 Å². The number of para-hydroxylation sites is 1. The van der Waals surface area contributed by atoms with Gasteiger partial charge in [0.05, 0.1) is 5.69 Å². The Hall–Kier alpha value is -7.16. The molecule has 0 fully saturated rings. The molecule has 0 saturated heterocycles. The molecule has 268 valence electrons. The highest BCUT2D eigenvalue weighted by Crippen LogP contribution is 2.52. The molecule has 0 unspecified atom stereocenters. The van der Waals surface area contributed by atoms with Crippen LogP contribution in [-0.2, 0) is 5.41 Å². The fraction of sp³-hybridized carbons (Fsp3) is 0.0545. The topological polar surface area (TPSA) is 16.4 Å². The Balaban J connectivity index is 1.12. The minimum Gasteiger partial charge on any atom is -0.456 e. The highest BCUT2D eigenvalue weighted by atomic mass is 16.3. The van der Waals surface area contributed by atoms with Crippen molar-refractivity contribution >= 4 is 82.1 Å². The van der Waals surface area contributed by atoms with E-state index in [1.807, 2.05) is 12.1 Å². The molecule has 0 N–H and O–H groups in total. The van der Waals surface area contributed by atoms with Crippen LogP contribution in [0.1, 0.15) is 25.0 Å². The first kappa shape index (κ1) is 32.1. The Morgan fingerprint density at radius 3 is 1.93 bits per heavy atom. The van der Waals surface area contributed by atoms with Crippen molar-refractivity contribution in [3.63, 3.8) is 0 Å². The van der Waals surface area contributed by atoms with Crippen molar-refractivity contribution in [2.45, 2.75) is 19.3 Å². The van der Waals surface area contributed by atoms with Crippen molar-refractivity contribution in [1.82, 2.24) is 0 Å². The number of hydrogen-bond donors (Lipinski definition) is 0. The van der Waals surface area contributed by atoms with E-state index in [2.05, 4.69) is 195 Å². The van der Waals surface area contributed by atoms with Crippen LogP contribution < -0.4 is 4.90 Å². The van der Waals surface area contributed by atoms with Crippen LogP contribution in [0.5, 0.6) is 0 Å². The van der Waals surface area contributed by atoms with Crippen LogP contribution >= 0.6 is 0 Å². The SMILES string of the molecule is CC1(C)c2ccccc2-c2cc(N(c3cccc(-c4ccc5c(c4)oc4ccccc45)c3)c3cc4ccc5ccc6ccccc6c5c4c4ccccc34)ccc21. The first-order chi connectivity index (χ1) is 28.0. The number of hydrogen-bond acceptors (Lipinski definition) is 2. The van der Waals surface area contributed by atoms with Crippen molar-refractivity contribution in [3.05, 3.63) is 199 Å². The zero-order valence-corrected chi connectivity index (χ0v) is 31.8. The third kappa shape index (κ3) is 4.71. The van der Waals surface area contributed by atoms with Gasteiger partial charge in [-0.3, -0.25) is 0 Å². The maximum Gasteiger partial charge on any atom is 0.136 e. The van der Waals surface area contributed by atoms with Crippen molar-refractivity contribution in [3.8, 4) is 22.3 Å². The van der Waals surface area contributed by atoms with Crippen molar-refractivity contribution < 1.29 is 4.42 Å². The quantitative estimate of drug-likeness (QED) is 0.168. The summed E-state index contributed by atoms with van der Waals surface area (Å²) >= 11 is 0. The van der Waals surface area contributed by atoms with Crippen molar-refractivity contribution in [1.29, 1.82) is 0 Å². The van der Waals surface area contributed by atoms with Crippen LogP contribution in [0, 0.1) is 0 Å². The van der Waals surface area contributed by atoms with Gasteiger partial charge in [-0.25, -0.2) is 0 Å². The third-order valence-electron chi connectivity index (χ3n) is 12.6. The Morgan fingerprint density at radius 2 is 1.04 bits per heavy atom. The van der Waals surface area contributed by atoms with Crippen molar-refractivity contribution in [2.24, 2.45) is 0 Å². The number of rotatable bonds is 4. The van der Waals surface area contributed by atoms with Gasteiger partial charge in [0, 0.05) is 32.9 Å². The fourth-order valence-electron chi connectivity index (χ4n) is 9.86. The van der Waals surface area contributed by atoms with E-state index < -0.39 is 0 Å². The zero-order valence-electron chi connectivity index (χ0n) is 31.8. The predicted molar refractivity (Wildman–Crippen MR) is 241 cm³/mol. The predicted octanol–water partition coefficient (Wildman–Crippen LogP) is 15.6. The second-order valence-electron chi connectivity index (χ2n) is 16.1.